The first-order chi connectivity index (χ1) is 21.6. The second-order valence-electron chi connectivity index (χ2n) is 10.6. The Kier molecular flexibility index (Phi) is 7.99. The van der Waals surface area contributed by atoms with Gasteiger partial charge in [-0.25, -0.2) is 4.98 Å². The lowest BCUT2D eigenvalue weighted by Gasteiger charge is -2.52. The number of rotatable bonds is 8. The number of carbonyl (C=O) groups is 2. The summed E-state index contributed by atoms with van der Waals surface area (Å²) in [5.41, 5.74) is 4.50. The average molecular weight is 634 g/mol. The van der Waals surface area contributed by atoms with Gasteiger partial charge in [-0.1, -0.05) is 103 Å². The molecule has 44 heavy (non-hydrogen) atoms. The molecule has 2 unspecified atom stereocenters. The van der Waals surface area contributed by atoms with Crippen molar-refractivity contribution in [2.75, 3.05) is 0 Å². The van der Waals surface area contributed by atoms with E-state index in [0.717, 1.165) is 37.5 Å². The topological polar surface area (TPSA) is 71.5 Å². The summed E-state index contributed by atoms with van der Waals surface area (Å²) in [6.45, 7) is 0. The fourth-order valence-corrected chi connectivity index (χ4v) is 8.21. The molecule has 0 radical (unpaired) electrons. The number of thioether (sulfide) groups is 1. The predicted molar refractivity (Wildman–Crippen MR) is 180 cm³/mol. The number of aromatic nitrogens is 1. The molecular formula is C35H27N3O3S3. The first-order valence-corrected chi connectivity index (χ1v) is 16.4. The van der Waals surface area contributed by atoms with Gasteiger partial charge in [-0.3, -0.25) is 9.59 Å². The van der Waals surface area contributed by atoms with E-state index >= 15 is 0 Å². The molecule has 0 spiro atoms. The monoisotopic (exact) mass is 633 g/mol. The zero-order valence-electron chi connectivity index (χ0n) is 23.4. The third-order valence-electron chi connectivity index (χ3n) is 7.71. The molecule has 7 rings (SSSR count). The van der Waals surface area contributed by atoms with Gasteiger partial charge in [0.05, 0.1) is 16.6 Å². The Hall–Kier alpha value is -4.31. The lowest BCUT2D eigenvalue weighted by molar-refractivity contribution is -0.149. The molecule has 0 saturated carbocycles. The van der Waals surface area contributed by atoms with Crippen LogP contribution < -0.4 is 5.32 Å². The van der Waals surface area contributed by atoms with Crippen molar-refractivity contribution in [3.8, 4) is 0 Å². The van der Waals surface area contributed by atoms with E-state index in [1.54, 1.807) is 16.2 Å². The van der Waals surface area contributed by atoms with E-state index in [0.29, 0.717) is 0 Å². The number of amides is 2. The van der Waals surface area contributed by atoms with Crippen molar-refractivity contribution in [3.05, 3.63) is 142 Å². The van der Waals surface area contributed by atoms with Gasteiger partial charge in [0.25, 0.3) is 0 Å². The number of fused-ring (bicyclic) bond motifs is 2. The first kappa shape index (κ1) is 28.5. The highest BCUT2D eigenvalue weighted by Gasteiger charge is 2.56. The quantitative estimate of drug-likeness (QED) is 0.150. The number of carbonyl (C=O) groups excluding carboxylic acids is 2. The van der Waals surface area contributed by atoms with Gasteiger partial charge in [0.1, 0.15) is 28.6 Å². The van der Waals surface area contributed by atoms with Gasteiger partial charge in [0, 0.05) is 5.57 Å². The lowest BCUT2D eigenvalue weighted by Crippen LogP contribution is -2.73. The molecule has 3 heterocycles. The number of hydrogen-bond donors (Lipinski definition) is 1. The molecule has 9 heteroatoms. The van der Waals surface area contributed by atoms with Crippen molar-refractivity contribution < 1.29 is 14.3 Å². The molecule has 1 aromatic heterocycles. The smallest absolute Gasteiger partial charge is 0.250 e. The second-order valence-corrected chi connectivity index (χ2v) is 13.0. The standard InChI is InChI=1S/C35H27N3O3S3/c39-28(20-22-12-4-1-5-13-22)37-29-33(40)38-30(25(21-43-34(29)38)32-36-26-18-10-11-19-27(26)44-32)35(42)41-31(23-14-6-2-7-15-23)24-16-8-3-9-17-24/h1-19,21,29-31,34H,20H2,(H,37,39)/t29?,30?,34-/m1/s1. The van der Waals surface area contributed by atoms with Crippen LogP contribution in [0.25, 0.3) is 15.8 Å². The molecule has 6 nitrogen and oxygen atoms in total. The molecule has 1 saturated heterocycles. The number of benzene rings is 4. The molecule has 1 fully saturated rings. The first-order valence-electron chi connectivity index (χ1n) is 14.2. The molecule has 5 aromatic rings. The van der Waals surface area contributed by atoms with Crippen LogP contribution in [0, 0.1) is 0 Å². The van der Waals surface area contributed by atoms with Gasteiger partial charge >= 0.3 is 0 Å². The summed E-state index contributed by atoms with van der Waals surface area (Å²) in [5.74, 6) is -0.387. The molecule has 2 aliphatic heterocycles. The van der Waals surface area contributed by atoms with Crippen molar-refractivity contribution in [1.29, 1.82) is 0 Å². The largest absolute Gasteiger partial charge is 0.472 e. The third-order valence-corrected chi connectivity index (χ3v) is 10.3. The minimum Gasteiger partial charge on any atom is -0.472 e. The summed E-state index contributed by atoms with van der Waals surface area (Å²) in [4.78, 5) is 33.4. The van der Waals surface area contributed by atoms with Crippen LogP contribution >= 0.6 is 35.3 Å². The van der Waals surface area contributed by atoms with Gasteiger partial charge in [-0.15, -0.1) is 23.1 Å². The lowest BCUT2D eigenvalue weighted by atomic mass is 9.97. The van der Waals surface area contributed by atoms with Gasteiger partial charge in [0.2, 0.25) is 11.8 Å². The Labute approximate surface area is 268 Å². The third kappa shape index (κ3) is 5.54. The Bertz CT molecular complexity index is 1790. The number of thiocarbonyl (C=S) groups is 1. The summed E-state index contributed by atoms with van der Waals surface area (Å²) in [6, 6.07) is 36.0. The maximum Gasteiger partial charge on any atom is 0.250 e. The Morgan fingerprint density at radius 3 is 2.16 bits per heavy atom. The van der Waals surface area contributed by atoms with Gasteiger partial charge < -0.3 is 15.0 Å². The fourth-order valence-electron chi connectivity index (χ4n) is 5.57. The summed E-state index contributed by atoms with van der Waals surface area (Å²) in [6.07, 6.45) is -0.262. The summed E-state index contributed by atoms with van der Waals surface area (Å²) < 4.78 is 7.71. The molecule has 0 bridgehead atoms. The van der Waals surface area contributed by atoms with E-state index in [1.807, 2.05) is 121 Å². The number of ether oxygens (including phenoxy) is 1. The van der Waals surface area contributed by atoms with Crippen LogP contribution in [0.5, 0.6) is 0 Å². The van der Waals surface area contributed by atoms with E-state index in [9.17, 15) is 9.59 Å². The van der Waals surface area contributed by atoms with Crippen LogP contribution in [0.1, 0.15) is 27.8 Å². The molecule has 3 atom stereocenters. The van der Waals surface area contributed by atoms with E-state index in [2.05, 4.69) is 5.32 Å². The van der Waals surface area contributed by atoms with Crippen molar-refractivity contribution in [2.24, 2.45) is 0 Å². The molecule has 1 N–H and O–H groups in total. The molecule has 4 aromatic carbocycles. The number of para-hydroxylation sites is 1. The van der Waals surface area contributed by atoms with Crippen LogP contribution in [-0.4, -0.2) is 44.2 Å². The van der Waals surface area contributed by atoms with E-state index in [1.165, 1.54) is 11.8 Å². The zero-order valence-corrected chi connectivity index (χ0v) is 25.9. The minimum atomic E-state index is -0.659. The molecular weight excluding hydrogens is 607 g/mol. The fraction of sp³-hybridized carbons (Fsp3) is 0.143. The Balaban J connectivity index is 1.21. The zero-order chi connectivity index (χ0) is 30.0. The van der Waals surface area contributed by atoms with Gasteiger partial charge in [-0.05, 0) is 46.4 Å². The number of β-lactam (4-membered cyclic amide) rings is 1. The summed E-state index contributed by atoms with van der Waals surface area (Å²) in [5, 5.41) is 5.74. The highest BCUT2D eigenvalue weighted by Crippen LogP contribution is 2.45. The van der Waals surface area contributed by atoms with E-state index in [-0.39, 0.29) is 28.7 Å². The number of nitrogens with one attached hydrogen (secondary N) is 1. The number of nitrogens with zero attached hydrogens (tertiary/aromatic N) is 2. The van der Waals surface area contributed by atoms with Crippen molar-refractivity contribution in [3.63, 3.8) is 0 Å². The summed E-state index contributed by atoms with van der Waals surface area (Å²) >= 11 is 9.12. The van der Waals surface area contributed by atoms with Gasteiger partial charge in [-0.2, -0.15) is 0 Å². The van der Waals surface area contributed by atoms with Crippen molar-refractivity contribution >= 4 is 68.0 Å². The normalized spacial score (nSPS) is 19.2. The van der Waals surface area contributed by atoms with E-state index < -0.39 is 18.2 Å². The molecule has 2 amide bonds. The Morgan fingerprint density at radius 2 is 1.50 bits per heavy atom. The van der Waals surface area contributed by atoms with Crippen molar-refractivity contribution in [2.45, 2.75) is 30.0 Å². The van der Waals surface area contributed by atoms with Crippen LogP contribution in [0.4, 0.5) is 0 Å². The highest BCUT2D eigenvalue weighted by molar-refractivity contribution is 8.03. The van der Waals surface area contributed by atoms with E-state index in [4.69, 9.17) is 21.9 Å². The summed E-state index contributed by atoms with van der Waals surface area (Å²) in [7, 11) is 0. The molecule has 218 valence electrons. The average Bonchev–Trinajstić information content (AvgIpc) is 3.51. The van der Waals surface area contributed by atoms with Gasteiger partial charge in [0.15, 0.2) is 5.05 Å². The van der Waals surface area contributed by atoms with Crippen molar-refractivity contribution in [1.82, 2.24) is 15.2 Å². The number of thiazole rings is 1. The second kappa shape index (κ2) is 12.4. The molecule has 0 aliphatic carbocycles. The molecule has 2 aliphatic rings. The SMILES string of the molecule is O=C(Cc1ccccc1)NC1C(=O)N2C(C(=S)OC(c3ccccc3)c3ccccc3)C(c3nc4ccccc4s3)=CS[C@H]12. The maximum absolute atomic E-state index is 13.8. The van der Waals surface area contributed by atoms with Crippen LogP contribution in [-0.2, 0) is 20.7 Å². The van der Waals surface area contributed by atoms with Crippen LogP contribution in [0.15, 0.2) is 121 Å². The number of hydrogen-bond acceptors (Lipinski definition) is 7. The predicted octanol–water partition coefficient (Wildman–Crippen LogP) is 6.78. The Morgan fingerprint density at radius 1 is 0.886 bits per heavy atom. The maximum atomic E-state index is 13.8. The minimum absolute atomic E-state index is 0.192. The van der Waals surface area contributed by atoms with Crippen LogP contribution in [0.2, 0.25) is 0 Å². The van der Waals surface area contributed by atoms with Crippen LogP contribution in [0.3, 0.4) is 0 Å². The highest BCUT2D eigenvalue weighted by atomic mass is 32.2.